The van der Waals surface area contributed by atoms with E-state index in [4.69, 9.17) is 0 Å². The van der Waals surface area contributed by atoms with E-state index in [0.717, 1.165) is 16.8 Å². The van der Waals surface area contributed by atoms with Gasteiger partial charge in [-0.1, -0.05) is 19.9 Å². The van der Waals surface area contributed by atoms with Crippen molar-refractivity contribution in [1.29, 1.82) is 0 Å². The predicted octanol–water partition coefficient (Wildman–Crippen LogP) is 2.49. The number of benzene rings is 1. The van der Waals surface area contributed by atoms with E-state index in [1.807, 2.05) is 32.0 Å². The monoisotopic (exact) mass is 259 g/mol. The molecule has 0 saturated carbocycles. The summed E-state index contributed by atoms with van der Waals surface area (Å²) in [6.07, 6.45) is 3.55. The maximum absolute atomic E-state index is 11.6. The van der Waals surface area contributed by atoms with Crippen molar-refractivity contribution >= 4 is 23.6 Å². The van der Waals surface area contributed by atoms with Crippen LogP contribution in [0.3, 0.4) is 0 Å². The van der Waals surface area contributed by atoms with Gasteiger partial charge >= 0.3 is 5.97 Å². The average Bonchev–Trinajstić information content (AvgIpc) is 2.35. The number of amides is 1. The molecule has 0 spiro atoms. The highest BCUT2D eigenvalue weighted by molar-refractivity contribution is 5.96. The fourth-order valence-corrected chi connectivity index (χ4v) is 2.26. The van der Waals surface area contributed by atoms with Gasteiger partial charge in [-0.15, -0.1) is 0 Å². The lowest BCUT2D eigenvalue weighted by atomic mass is 9.77. The first-order valence-electron chi connectivity index (χ1n) is 6.13. The molecule has 1 heterocycles. The Bertz CT molecular complexity index is 559. The molecule has 1 N–H and O–H groups in total. The second-order valence-electron chi connectivity index (χ2n) is 5.27. The van der Waals surface area contributed by atoms with Crippen molar-refractivity contribution in [2.24, 2.45) is 0 Å². The number of nitrogens with one attached hydrogen (secondary N) is 1. The van der Waals surface area contributed by atoms with Crippen molar-refractivity contribution in [2.45, 2.75) is 25.7 Å². The van der Waals surface area contributed by atoms with Crippen molar-refractivity contribution in [2.75, 3.05) is 12.4 Å². The highest BCUT2D eigenvalue weighted by Crippen LogP contribution is 2.37. The maximum Gasteiger partial charge on any atom is 0.330 e. The molecule has 0 unspecified atom stereocenters. The van der Waals surface area contributed by atoms with Crippen LogP contribution in [0.4, 0.5) is 5.69 Å². The number of carbonyl (C=O) groups is 2. The molecule has 0 saturated heterocycles. The number of ether oxygens (including phenoxy) is 1. The molecule has 0 radical (unpaired) electrons. The molecule has 0 aromatic heterocycles. The smallest absolute Gasteiger partial charge is 0.330 e. The molecule has 4 heteroatoms. The van der Waals surface area contributed by atoms with Crippen LogP contribution in [-0.4, -0.2) is 19.0 Å². The van der Waals surface area contributed by atoms with E-state index in [1.165, 1.54) is 13.2 Å². The van der Waals surface area contributed by atoms with Gasteiger partial charge in [-0.2, -0.15) is 0 Å². The van der Waals surface area contributed by atoms with E-state index < -0.39 is 0 Å². The molecule has 100 valence electrons. The molecule has 2 rings (SSSR count). The third-order valence-corrected chi connectivity index (χ3v) is 3.26. The zero-order chi connectivity index (χ0) is 14.0. The van der Waals surface area contributed by atoms with Crippen LogP contribution in [0.1, 0.15) is 31.4 Å². The van der Waals surface area contributed by atoms with Gasteiger partial charge in [-0.3, -0.25) is 4.79 Å². The summed E-state index contributed by atoms with van der Waals surface area (Å²) in [4.78, 5) is 22.7. The van der Waals surface area contributed by atoms with Gasteiger partial charge in [0, 0.05) is 23.6 Å². The fourth-order valence-electron chi connectivity index (χ4n) is 2.26. The van der Waals surface area contributed by atoms with E-state index in [1.54, 1.807) is 6.08 Å². The molecule has 0 bridgehead atoms. The number of anilines is 1. The van der Waals surface area contributed by atoms with Crippen LogP contribution in [0.2, 0.25) is 0 Å². The summed E-state index contributed by atoms with van der Waals surface area (Å²) in [6, 6.07) is 5.72. The van der Waals surface area contributed by atoms with Crippen LogP contribution in [0.15, 0.2) is 24.3 Å². The summed E-state index contributed by atoms with van der Waals surface area (Å²) in [5, 5.41) is 2.86. The zero-order valence-electron chi connectivity index (χ0n) is 11.3. The van der Waals surface area contributed by atoms with Crippen molar-refractivity contribution in [3.05, 3.63) is 35.4 Å². The minimum atomic E-state index is -0.384. The van der Waals surface area contributed by atoms with Crippen molar-refractivity contribution in [3.63, 3.8) is 0 Å². The molecule has 4 nitrogen and oxygen atoms in total. The van der Waals surface area contributed by atoms with Crippen LogP contribution < -0.4 is 5.32 Å². The Balaban J connectivity index is 2.36. The Hall–Kier alpha value is -2.10. The van der Waals surface area contributed by atoms with Crippen molar-refractivity contribution < 1.29 is 14.3 Å². The number of methoxy groups -OCH3 is 1. The second kappa shape index (κ2) is 4.88. The molecule has 19 heavy (non-hydrogen) atoms. The van der Waals surface area contributed by atoms with E-state index in [-0.39, 0.29) is 17.3 Å². The number of fused-ring (bicyclic) bond motifs is 1. The Kier molecular flexibility index (Phi) is 3.42. The van der Waals surface area contributed by atoms with Crippen LogP contribution in [0, 0.1) is 0 Å². The van der Waals surface area contributed by atoms with Crippen molar-refractivity contribution in [1.82, 2.24) is 0 Å². The lowest BCUT2D eigenvalue weighted by molar-refractivity contribution is -0.134. The van der Waals surface area contributed by atoms with Crippen LogP contribution >= 0.6 is 0 Å². The number of esters is 1. The summed E-state index contributed by atoms with van der Waals surface area (Å²) in [5.41, 5.74) is 2.64. The minimum absolute atomic E-state index is 0.0374. The molecule has 1 amide bonds. The van der Waals surface area contributed by atoms with Gasteiger partial charge in [-0.25, -0.2) is 4.79 Å². The number of carbonyl (C=O) groups excluding carboxylic acids is 2. The van der Waals surface area contributed by atoms with E-state index in [9.17, 15) is 9.59 Å². The normalized spacial score (nSPS) is 16.9. The Morgan fingerprint density at radius 2 is 2.16 bits per heavy atom. The van der Waals surface area contributed by atoms with E-state index in [2.05, 4.69) is 10.1 Å². The van der Waals surface area contributed by atoms with Gasteiger partial charge in [-0.05, 0) is 29.3 Å². The minimum Gasteiger partial charge on any atom is -0.466 e. The summed E-state index contributed by atoms with van der Waals surface area (Å²) in [7, 11) is 1.35. The fraction of sp³-hybridized carbons (Fsp3) is 0.333. The number of hydrogen-bond acceptors (Lipinski definition) is 3. The number of hydrogen-bond donors (Lipinski definition) is 1. The molecule has 1 aliphatic rings. The molecular weight excluding hydrogens is 242 g/mol. The van der Waals surface area contributed by atoms with E-state index in [0.29, 0.717) is 6.42 Å². The van der Waals surface area contributed by atoms with E-state index >= 15 is 0 Å². The predicted molar refractivity (Wildman–Crippen MR) is 73.8 cm³/mol. The first-order valence-corrected chi connectivity index (χ1v) is 6.13. The third kappa shape index (κ3) is 2.84. The standard InChI is InChI=1S/C15H17NO3/c1-15(2)9-13(17)16-12-6-4-10(8-11(12)15)5-7-14(18)19-3/h4-8H,9H2,1-3H3,(H,16,17). The number of rotatable bonds is 2. The largest absolute Gasteiger partial charge is 0.466 e. The average molecular weight is 259 g/mol. The molecule has 0 fully saturated rings. The quantitative estimate of drug-likeness (QED) is 0.655. The van der Waals surface area contributed by atoms with Crippen LogP contribution in [0.5, 0.6) is 0 Å². The topological polar surface area (TPSA) is 55.4 Å². The second-order valence-corrected chi connectivity index (χ2v) is 5.27. The third-order valence-electron chi connectivity index (χ3n) is 3.26. The molecule has 0 atom stereocenters. The molecule has 1 aliphatic heterocycles. The van der Waals surface area contributed by atoms with Gasteiger partial charge in [0.2, 0.25) is 5.91 Å². The lowest BCUT2D eigenvalue weighted by Gasteiger charge is -2.32. The summed E-state index contributed by atoms with van der Waals surface area (Å²) >= 11 is 0. The Morgan fingerprint density at radius 1 is 1.42 bits per heavy atom. The molecular formula is C15H17NO3. The zero-order valence-corrected chi connectivity index (χ0v) is 11.3. The molecule has 0 aliphatic carbocycles. The highest BCUT2D eigenvalue weighted by Gasteiger charge is 2.31. The van der Waals surface area contributed by atoms with Gasteiger partial charge in [0.25, 0.3) is 0 Å². The molecule has 1 aromatic rings. The van der Waals surface area contributed by atoms with Gasteiger partial charge < -0.3 is 10.1 Å². The molecule has 1 aromatic carbocycles. The summed E-state index contributed by atoms with van der Waals surface area (Å²) in [6.45, 7) is 4.08. The first kappa shape index (κ1) is 13.3. The first-order chi connectivity index (χ1) is 8.92. The Morgan fingerprint density at radius 3 is 2.84 bits per heavy atom. The Labute approximate surface area is 112 Å². The van der Waals surface area contributed by atoms with Gasteiger partial charge in [0.1, 0.15) is 0 Å². The SMILES string of the molecule is COC(=O)C=Cc1ccc2c(c1)C(C)(C)CC(=O)N2. The van der Waals surface area contributed by atoms with Crippen LogP contribution in [0.25, 0.3) is 6.08 Å². The maximum atomic E-state index is 11.6. The van der Waals surface area contributed by atoms with Crippen molar-refractivity contribution in [3.8, 4) is 0 Å². The highest BCUT2D eigenvalue weighted by atomic mass is 16.5. The van der Waals surface area contributed by atoms with Gasteiger partial charge in [0.15, 0.2) is 0 Å². The summed E-state index contributed by atoms with van der Waals surface area (Å²) in [5.74, 6) is -0.347. The van der Waals surface area contributed by atoms with Crippen LogP contribution in [-0.2, 0) is 19.7 Å². The van der Waals surface area contributed by atoms with Gasteiger partial charge in [0.05, 0.1) is 7.11 Å². The summed E-state index contributed by atoms with van der Waals surface area (Å²) < 4.78 is 4.56. The lowest BCUT2D eigenvalue weighted by Crippen LogP contribution is -2.32.